The van der Waals surface area contributed by atoms with Crippen molar-refractivity contribution in [2.24, 2.45) is 0 Å². The van der Waals surface area contributed by atoms with Gasteiger partial charge in [0.15, 0.2) is 5.22 Å². The van der Waals surface area contributed by atoms with Gasteiger partial charge in [-0.2, -0.15) is 5.26 Å². The summed E-state index contributed by atoms with van der Waals surface area (Å²) in [5.41, 5.74) is 1.51. The van der Waals surface area contributed by atoms with Gasteiger partial charge in [0.2, 0.25) is 0 Å². The fraction of sp³-hybridized carbons (Fsp3) is 0.267. The molecule has 0 amide bonds. The van der Waals surface area contributed by atoms with E-state index in [4.69, 9.17) is 21.3 Å². The summed E-state index contributed by atoms with van der Waals surface area (Å²) in [4.78, 5) is 0. The molecule has 98 valence electrons. The molecule has 0 fully saturated rings. The smallest absolute Gasteiger partial charge is 0.193 e. The lowest BCUT2D eigenvalue weighted by molar-refractivity contribution is 0.520. The van der Waals surface area contributed by atoms with E-state index in [0.29, 0.717) is 11.8 Å². The SMILES string of the molecule is CC(C)(C#N)c1ccc(NCc2ccc(Cl)o2)cc1. The summed E-state index contributed by atoms with van der Waals surface area (Å²) in [5.74, 6) is 0.784. The Bertz CT molecular complexity index is 593. The van der Waals surface area contributed by atoms with Crippen molar-refractivity contribution in [2.75, 3.05) is 5.32 Å². The molecule has 2 rings (SSSR count). The third kappa shape index (κ3) is 3.30. The van der Waals surface area contributed by atoms with Crippen LogP contribution < -0.4 is 5.32 Å². The van der Waals surface area contributed by atoms with Crippen LogP contribution in [0.3, 0.4) is 0 Å². The normalized spacial score (nSPS) is 11.1. The van der Waals surface area contributed by atoms with Crippen LogP contribution in [0, 0.1) is 11.3 Å². The minimum atomic E-state index is -0.465. The average molecular weight is 275 g/mol. The molecule has 0 aliphatic heterocycles. The second-order valence-electron chi connectivity index (χ2n) is 4.87. The fourth-order valence-electron chi connectivity index (χ4n) is 1.71. The van der Waals surface area contributed by atoms with Gasteiger partial charge in [-0.3, -0.25) is 0 Å². The first-order valence-corrected chi connectivity index (χ1v) is 6.39. The predicted molar refractivity (Wildman–Crippen MR) is 76.1 cm³/mol. The molecule has 0 spiro atoms. The number of halogens is 1. The number of nitriles is 1. The lowest BCUT2D eigenvalue weighted by Crippen LogP contribution is -2.13. The first kappa shape index (κ1) is 13.5. The van der Waals surface area contributed by atoms with Crippen molar-refractivity contribution in [3.63, 3.8) is 0 Å². The molecular weight excluding hydrogens is 260 g/mol. The van der Waals surface area contributed by atoms with Crippen LogP contribution in [0.1, 0.15) is 25.2 Å². The van der Waals surface area contributed by atoms with Gasteiger partial charge in [0.25, 0.3) is 0 Å². The van der Waals surface area contributed by atoms with Crippen molar-refractivity contribution in [3.05, 3.63) is 52.9 Å². The molecule has 0 bridgehead atoms. The highest BCUT2D eigenvalue weighted by atomic mass is 35.5. The molecule has 2 aromatic rings. The van der Waals surface area contributed by atoms with E-state index in [2.05, 4.69) is 11.4 Å². The van der Waals surface area contributed by atoms with Gasteiger partial charge in [0.1, 0.15) is 5.76 Å². The minimum Gasteiger partial charge on any atom is -0.448 e. The molecule has 0 saturated carbocycles. The van der Waals surface area contributed by atoms with Gasteiger partial charge < -0.3 is 9.73 Å². The zero-order valence-electron chi connectivity index (χ0n) is 10.9. The summed E-state index contributed by atoms with van der Waals surface area (Å²) in [6.45, 7) is 4.38. The maximum absolute atomic E-state index is 9.08. The van der Waals surface area contributed by atoms with Crippen molar-refractivity contribution in [1.82, 2.24) is 0 Å². The Morgan fingerprint density at radius 3 is 2.42 bits per heavy atom. The topological polar surface area (TPSA) is 49.0 Å². The number of rotatable bonds is 4. The van der Waals surface area contributed by atoms with Gasteiger partial charge in [-0.05, 0) is 55.3 Å². The summed E-state index contributed by atoms with van der Waals surface area (Å²) in [5, 5.41) is 12.7. The first-order valence-electron chi connectivity index (χ1n) is 6.01. The highest BCUT2D eigenvalue weighted by molar-refractivity contribution is 6.28. The predicted octanol–water partition coefficient (Wildman–Crippen LogP) is 4.35. The van der Waals surface area contributed by atoms with Gasteiger partial charge in [0, 0.05) is 5.69 Å². The third-order valence-electron chi connectivity index (χ3n) is 2.98. The van der Waals surface area contributed by atoms with Crippen LogP contribution in [0.15, 0.2) is 40.8 Å². The number of hydrogen-bond acceptors (Lipinski definition) is 3. The largest absolute Gasteiger partial charge is 0.448 e. The molecule has 0 atom stereocenters. The Labute approximate surface area is 117 Å². The summed E-state index contributed by atoms with van der Waals surface area (Å²) >= 11 is 5.70. The van der Waals surface area contributed by atoms with Crippen LogP contribution in [-0.4, -0.2) is 0 Å². The molecule has 19 heavy (non-hydrogen) atoms. The Morgan fingerprint density at radius 2 is 1.89 bits per heavy atom. The van der Waals surface area contributed by atoms with Crippen molar-refractivity contribution in [3.8, 4) is 6.07 Å². The Kier molecular flexibility index (Phi) is 3.82. The summed E-state index contributed by atoms with van der Waals surface area (Å²) in [6, 6.07) is 13.7. The van der Waals surface area contributed by atoms with E-state index in [9.17, 15) is 0 Å². The lowest BCUT2D eigenvalue weighted by atomic mass is 9.86. The van der Waals surface area contributed by atoms with E-state index < -0.39 is 5.41 Å². The van der Waals surface area contributed by atoms with Crippen LogP contribution in [0.5, 0.6) is 0 Å². The van der Waals surface area contributed by atoms with Gasteiger partial charge in [0.05, 0.1) is 18.0 Å². The summed E-state index contributed by atoms with van der Waals surface area (Å²) < 4.78 is 5.26. The molecule has 1 heterocycles. The van der Waals surface area contributed by atoms with E-state index in [1.165, 1.54) is 0 Å². The highest BCUT2D eigenvalue weighted by Crippen LogP contribution is 2.24. The number of anilines is 1. The van der Waals surface area contributed by atoms with Gasteiger partial charge in [-0.15, -0.1) is 0 Å². The lowest BCUT2D eigenvalue weighted by Gasteiger charge is -2.16. The molecule has 1 aromatic carbocycles. The second-order valence-corrected chi connectivity index (χ2v) is 5.25. The summed E-state index contributed by atoms with van der Waals surface area (Å²) in [7, 11) is 0. The molecule has 0 unspecified atom stereocenters. The van der Waals surface area contributed by atoms with E-state index in [1.807, 2.05) is 44.2 Å². The van der Waals surface area contributed by atoms with Gasteiger partial charge in [-0.1, -0.05) is 12.1 Å². The van der Waals surface area contributed by atoms with Crippen molar-refractivity contribution < 1.29 is 4.42 Å². The Hall–Kier alpha value is -1.92. The fourth-order valence-corrected chi connectivity index (χ4v) is 1.87. The van der Waals surface area contributed by atoms with E-state index >= 15 is 0 Å². The van der Waals surface area contributed by atoms with Crippen LogP contribution in [0.4, 0.5) is 5.69 Å². The van der Waals surface area contributed by atoms with E-state index in [1.54, 1.807) is 6.07 Å². The second kappa shape index (κ2) is 5.38. The average Bonchev–Trinajstić information content (AvgIpc) is 2.83. The van der Waals surface area contributed by atoms with Crippen LogP contribution >= 0.6 is 11.6 Å². The zero-order chi connectivity index (χ0) is 13.9. The number of hydrogen-bond donors (Lipinski definition) is 1. The Balaban J connectivity index is 2.02. The molecule has 1 aromatic heterocycles. The Morgan fingerprint density at radius 1 is 1.21 bits per heavy atom. The first-order chi connectivity index (χ1) is 9.01. The maximum Gasteiger partial charge on any atom is 0.193 e. The summed E-state index contributed by atoms with van der Waals surface area (Å²) in [6.07, 6.45) is 0. The van der Waals surface area contributed by atoms with E-state index in [-0.39, 0.29) is 0 Å². The number of benzene rings is 1. The molecule has 3 nitrogen and oxygen atoms in total. The number of nitrogens with one attached hydrogen (secondary N) is 1. The molecule has 1 N–H and O–H groups in total. The molecule has 0 aliphatic carbocycles. The van der Waals surface area contributed by atoms with Crippen LogP contribution in [0.2, 0.25) is 5.22 Å². The quantitative estimate of drug-likeness (QED) is 0.902. The minimum absolute atomic E-state index is 0.392. The molecule has 0 saturated heterocycles. The number of nitrogens with zero attached hydrogens (tertiary/aromatic N) is 1. The zero-order valence-corrected chi connectivity index (χ0v) is 11.7. The molecule has 0 radical (unpaired) electrons. The van der Waals surface area contributed by atoms with Crippen molar-refractivity contribution in [1.29, 1.82) is 5.26 Å². The van der Waals surface area contributed by atoms with Crippen molar-refractivity contribution in [2.45, 2.75) is 25.8 Å². The van der Waals surface area contributed by atoms with Gasteiger partial charge >= 0.3 is 0 Å². The standard InChI is InChI=1S/C15H15ClN2O/c1-15(2,10-17)11-3-5-12(6-4-11)18-9-13-7-8-14(16)19-13/h3-8,18H,9H2,1-2H3. The maximum atomic E-state index is 9.08. The number of furan rings is 1. The molecule has 0 aliphatic rings. The monoisotopic (exact) mass is 274 g/mol. The molecular formula is C15H15ClN2O. The third-order valence-corrected chi connectivity index (χ3v) is 3.18. The highest BCUT2D eigenvalue weighted by Gasteiger charge is 2.18. The van der Waals surface area contributed by atoms with Crippen molar-refractivity contribution >= 4 is 17.3 Å². The van der Waals surface area contributed by atoms with Crippen LogP contribution in [0.25, 0.3) is 0 Å². The van der Waals surface area contributed by atoms with E-state index in [0.717, 1.165) is 17.0 Å². The van der Waals surface area contributed by atoms with Crippen LogP contribution in [-0.2, 0) is 12.0 Å². The van der Waals surface area contributed by atoms with Gasteiger partial charge in [-0.25, -0.2) is 0 Å². The molecule has 4 heteroatoms.